The Kier molecular flexibility index (Phi) is 6.04. The number of nitrogens with one attached hydrogen (secondary N) is 1. The van der Waals surface area contributed by atoms with Crippen molar-refractivity contribution < 1.29 is 18.0 Å². The summed E-state index contributed by atoms with van der Waals surface area (Å²) in [7, 11) is 2.85. The van der Waals surface area contributed by atoms with Crippen LogP contribution in [-0.4, -0.2) is 25.0 Å². The number of hydrogen-bond acceptors (Lipinski definition) is 6. The maximum atomic E-state index is 12.9. The summed E-state index contributed by atoms with van der Waals surface area (Å²) < 4.78 is 41.0. The lowest BCUT2D eigenvalue weighted by Crippen LogP contribution is -2.37. The van der Waals surface area contributed by atoms with Gasteiger partial charge in [-0.1, -0.05) is 17.7 Å². The molecule has 0 radical (unpaired) electrons. The van der Waals surface area contributed by atoms with Gasteiger partial charge in [-0.15, -0.1) is 11.3 Å². The molecule has 8 nitrogen and oxygen atoms in total. The lowest BCUT2D eigenvalue weighted by molar-refractivity contribution is -0.137. The molecule has 13 heteroatoms. The van der Waals surface area contributed by atoms with Crippen LogP contribution in [-0.2, 0) is 31.5 Å². The molecule has 0 fully saturated rings. The first kappa shape index (κ1) is 23.6. The van der Waals surface area contributed by atoms with Crippen LogP contribution in [0.2, 0.25) is 5.02 Å². The van der Waals surface area contributed by atoms with Gasteiger partial charge in [0.2, 0.25) is 5.91 Å². The van der Waals surface area contributed by atoms with E-state index in [1.54, 1.807) is 5.38 Å². The van der Waals surface area contributed by atoms with Crippen LogP contribution in [0.4, 0.5) is 18.3 Å². The van der Waals surface area contributed by atoms with Gasteiger partial charge < -0.3 is 5.32 Å². The Bertz CT molecular complexity index is 1560. The average Bonchev–Trinajstić information content (AvgIpc) is 3.23. The number of carbonyl (C=O) groups excluding carboxylic acids is 1. The zero-order valence-electron chi connectivity index (χ0n) is 17.6. The molecule has 4 rings (SSSR count). The lowest BCUT2D eigenvalue weighted by atomic mass is 10.1. The second kappa shape index (κ2) is 8.69. The number of nitrogens with zero attached hydrogens (tertiary/aromatic N) is 4. The first-order chi connectivity index (χ1) is 16.0. The molecule has 0 saturated carbocycles. The Balaban J connectivity index is 1.57. The number of fused-ring (bicyclic) bond motifs is 1. The summed E-state index contributed by atoms with van der Waals surface area (Å²) in [6, 6.07) is 4.79. The molecule has 0 spiro atoms. The van der Waals surface area contributed by atoms with Crippen molar-refractivity contribution in [2.75, 3.05) is 5.32 Å². The normalized spacial score (nSPS) is 11.7. The van der Waals surface area contributed by atoms with E-state index in [0.29, 0.717) is 16.8 Å². The fourth-order valence-electron chi connectivity index (χ4n) is 3.41. The largest absolute Gasteiger partial charge is 0.417 e. The molecule has 1 N–H and O–H groups in total. The molecule has 176 valence electrons. The van der Waals surface area contributed by atoms with Crippen molar-refractivity contribution in [1.82, 2.24) is 19.1 Å². The Morgan fingerprint density at radius 3 is 2.59 bits per heavy atom. The van der Waals surface area contributed by atoms with E-state index in [0.717, 1.165) is 28.0 Å². The second-order valence-electron chi connectivity index (χ2n) is 7.31. The molecule has 0 saturated heterocycles. The van der Waals surface area contributed by atoms with E-state index in [2.05, 4.69) is 15.3 Å². The predicted octanol–water partition coefficient (Wildman–Crippen LogP) is 3.61. The summed E-state index contributed by atoms with van der Waals surface area (Å²) in [6.45, 7) is 0. The third-order valence-electron chi connectivity index (χ3n) is 5.11. The number of thiazole rings is 1. The van der Waals surface area contributed by atoms with Crippen LogP contribution in [0.5, 0.6) is 0 Å². The molecule has 1 aromatic carbocycles. The minimum Gasteiger partial charge on any atom is -0.302 e. The van der Waals surface area contributed by atoms with E-state index in [1.807, 2.05) is 0 Å². The van der Waals surface area contributed by atoms with Gasteiger partial charge in [-0.05, 0) is 18.2 Å². The van der Waals surface area contributed by atoms with Crippen LogP contribution in [0, 0.1) is 0 Å². The van der Waals surface area contributed by atoms with Gasteiger partial charge in [0.1, 0.15) is 0 Å². The van der Waals surface area contributed by atoms with E-state index in [-0.39, 0.29) is 22.6 Å². The third-order valence-corrected chi connectivity index (χ3v) is 6.18. The van der Waals surface area contributed by atoms with E-state index in [1.165, 1.54) is 37.0 Å². The number of halogens is 4. The van der Waals surface area contributed by atoms with Crippen LogP contribution in [0.3, 0.4) is 0 Å². The summed E-state index contributed by atoms with van der Waals surface area (Å²) in [6.07, 6.45) is -3.43. The number of amides is 1. The number of rotatable bonds is 4. The van der Waals surface area contributed by atoms with Gasteiger partial charge in [-0.3, -0.25) is 23.7 Å². The molecule has 34 heavy (non-hydrogen) atoms. The first-order valence-corrected chi connectivity index (χ1v) is 10.9. The Hall–Kier alpha value is -3.51. The molecule has 4 aromatic rings. The van der Waals surface area contributed by atoms with Gasteiger partial charge >= 0.3 is 11.9 Å². The van der Waals surface area contributed by atoms with E-state index < -0.39 is 33.9 Å². The van der Waals surface area contributed by atoms with Crippen molar-refractivity contribution in [2.45, 2.75) is 12.6 Å². The SMILES string of the molecule is Cn1c(=O)c2c(CC(=O)Nc3nc(-c4ccc(C(F)(F)F)c(Cl)c4)cs3)nccc2n(C)c1=O. The fraction of sp³-hybridized carbons (Fsp3) is 0.190. The van der Waals surface area contributed by atoms with Crippen molar-refractivity contribution in [1.29, 1.82) is 0 Å². The number of hydrogen-bond donors (Lipinski definition) is 1. The molecule has 0 bridgehead atoms. The smallest absolute Gasteiger partial charge is 0.302 e. The van der Waals surface area contributed by atoms with Crippen LogP contribution < -0.4 is 16.6 Å². The molecular weight excluding hydrogens is 495 g/mol. The van der Waals surface area contributed by atoms with Crippen molar-refractivity contribution >= 4 is 44.9 Å². The molecule has 0 aliphatic heterocycles. The number of carbonyl (C=O) groups is 1. The standard InChI is InChI=1S/C21H15ClF3N5O3S/c1-29-15-5-6-26-13(17(15)18(32)30(2)20(29)33)8-16(31)28-19-27-14(9-34-19)10-3-4-11(12(22)7-10)21(23,24)25/h3-7,9H,8H2,1-2H3,(H,27,28,31). The molecular formula is C21H15ClF3N5O3S. The number of alkyl halides is 3. The highest BCUT2D eigenvalue weighted by Crippen LogP contribution is 2.37. The Labute approximate surface area is 198 Å². The monoisotopic (exact) mass is 509 g/mol. The van der Waals surface area contributed by atoms with Crippen LogP contribution in [0.25, 0.3) is 22.2 Å². The van der Waals surface area contributed by atoms with E-state index >= 15 is 0 Å². The molecule has 0 unspecified atom stereocenters. The fourth-order valence-corrected chi connectivity index (χ4v) is 4.43. The molecule has 3 aromatic heterocycles. The van der Waals surface area contributed by atoms with Crippen LogP contribution in [0.15, 0.2) is 45.4 Å². The number of anilines is 1. The average molecular weight is 510 g/mol. The molecule has 0 atom stereocenters. The highest BCUT2D eigenvalue weighted by atomic mass is 35.5. The summed E-state index contributed by atoms with van der Waals surface area (Å²) >= 11 is 6.84. The minimum atomic E-state index is -4.57. The zero-order valence-corrected chi connectivity index (χ0v) is 19.2. The van der Waals surface area contributed by atoms with Gasteiger partial charge in [-0.25, -0.2) is 9.78 Å². The molecule has 3 heterocycles. The number of pyridine rings is 1. The highest BCUT2D eigenvalue weighted by Gasteiger charge is 2.33. The molecule has 0 aliphatic carbocycles. The van der Waals surface area contributed by atoms with Crippen LogP contribution in [0.1, 0.15) is 11.3 Å². The predicted molar refractivity (Wildman–Crippen MR) is 122 cm³/mol. The van der Waals surface area contributed by atoms with E-state index in [4.69, 9.17) is 11.6 Å². The number of benzene rings is 1. The van der Waals surface area contributed by atoms with Gasteiger partial charge in [0.15, 0.2) is 5.13 Å². The van der Waals surface area contributed by atoms with Crippen molar-refractivity contribution in [3.8, 4) is 11.3 Å². The topological polar surface area (TPSA) is 98.9 Å². The van der Waals surface area contributed by atoms with Crippen molar-refractivity contribution in [3.05, 3.63) is 73.0 Å². The molecule has 0 aliphatic rings. The maximum absolute atomic E-state index is 12.9. The first-order valence-electron chi connectivity index (χ1n) is 9.63. The summed E-state index contributed by atoms with van der Waals surface area (Å²) in [5.74, 6) is -0.512. The van der Waals surface area contributed by atoms with Gasteiger partial charge in [0, 0.05) is 31.2 Å². The minimum absolute atomic E-state index is 0.154. The summed E-state index contributed by atoms with van der Waals surface area (Å²) in [4.78, 5) is 45.8. The van der Waals surface area contributed by atoms with Gasteiger partial charge in [0.25, 0.3) is 5.56 Å². The third kappa shape index (κ3) is 4.33. The summed E-state index contributed by atoms with van der Waals surface area (Å²) in [5, 5.41) is 4.06. The highest BCUT2D eigenvalue weighted by molar-refractivity contribution is 7.14. The molecule has 1 amide bonds. The number of aryl methyl sites for hydroxylation is 1. The second-order valence-corrected chi connectivity index (χ2v) is 8.58. The zero-order chi connectivity index (χ0) is 24.8. The Morgan fingerprint density at radius 2 is 1.91 bits per heavy atom. The Morgan fingerprint density at radius 1 is 1.18 bits per heavy atom. The van der Waals surface area contributed by atoms with Gasteiger partial charge in [0.05, 0.1) is 39.3 Å². The van der Waals surface area contributed by atoms with Crippen molar-refractivity contribution in [3.63, 3.8) is 0 Å². The number of aromatic nitrogens is 4. The quantitative estimate of drug-likeness (QED) is 0.453. The summed E-state index contributed by atoms with van der Waals surface area (Å²) in [5.41, 5.74) is -0.785. The maximum Gasteiger partial charge on any atom is 0.417 e. The van der Waals surface area contributed by atoms with Crippen LogP contribution >= 0.6 is 22.9 Å². The lowest BCUT2D eigenvalue weighted by Gasteiger charge is -2.10. The van der Waals surface area contributed by atoms with Crippen molar-refractivity contribution in [2.24, 2.45) is 14.1 Å². The van der Waals surface area contributed by atoms with E-state index in [9.17, 15) is 27.6 Å². The van der Waals surface area contributed by atoms with Gasteiger partial charge in [-0.2, -0.15) is 13.2 Å².